The molecule has 3 aromatic rings. The van der Waals surface area contributed by atoms with E-state index in [2.05, 4.69) is 0 Å². The van der Waals surface area contributed by atoms with Gasteiger partial charge in [-0.15, -0.1) is 0 Å². The van der Waals surface area contributed by atoms with E-state index in [-0.39, 0.29) is 0 Å². The molecule has 1 heterocycles. The van der Waals surface area contributed by atoms with Crippen molar-refractivity contribution in [3.05, 3.63) is 70.6 Å². The molecule has 6 nitrogen and oxygen atoms in total. The maximum atomic E-state index is 12.3. The van der Waals surface area contributed by atoms with Gasteiger partial charge < -0.3 is 18.7 Å². The molecule has 0 saturated carbocycles. The summed E-state index contributed by atoms with van der Waals surface area (Å²) >= 11 is 0. The quantitative estimate of drug-likeness (QED) is 0.138. The molecule has 0 amide bonds. The normalized spacial score (nSPS) is 11.0. The highest BCUT2D eigenvalue weighted by molar-refractivity contribution is 6.66. The summed E-state index contributed by atoms with van der Waals surface area (Å²) in [6.07, 6.45) is 1.91. The van der Waals surface area contributed by atoms with Crippen molar-refractivity contribution in [2.24, 2.45) is 0 Å². The molecule has 2 aromatic carbocycles. The van der Waals surface area contributed by atoms with E-state index in [9.17, 15) is 14.4 Å². The van der Waals surface area contributed by atoms with Crippen LogP contribution in [0.3, 0.4) is 0 Å². The number of carbonyl (C=O) groups excluding carboxylic acids is 2. The molecule has 0 N–H and O–H groups in total. The predicted molar refractivity (Wildman–Crippen MR) is 109 cm³/mol. The van der Waals surface area contributed by atoms with Gasteiger partial charge in [0.2, 0.25) is 0 Å². The minimum atomic E-state index is -0.531. The van der Waals surface area contributed by atoms with E-state index in [1.807, 2.05) is 0 Å². The van der Waals surface area contributed by atoms with Gasteiger partial charge in [0.25, 0.3) is 0 Å². The highest BCUT2D eigenvalue weighted by Gasteiger charge is 2.10. The lowest BCUT2D eigenvalue weighted by atomic mass is 10.2. The number of hydrogen-bond acceptors (Lipinski definition) is 6. The second-order valence-electron chi connectivity index (χ2n) is 6.23. The van der Waals surface area contributed by atoms with Gasteiger partial charge >= 0.3 is 11.6 Å². The highest BCUT2D eigenvalue weighted by atomic mass is 28.2. The molecule has 3 rings (SSSR count). The molecular weight excluding hydrogens is 376 g/mol. The molecule has 7 heteroatoms. The van der Waals surface area contributed by atoms with Gasteiger partial charge in [0.1, 0.15) is 17.1 Å². The molecule has 0 radical (unpaired) electrons. The highest BCUT2D eigenvalue weighted by Crippen LogP contribution is 2.21. The van der Waals surface area contributed by atoms with Crippen LogP contribution in [0.2, 0.25) is 6.04 Å². The van der Waals surface area contributed by atoms with Crippen molar-refractivity contribution >= 4 is 32.4 Å². The Bertz CT molecular complexity index is 1010. The van der Waals surface area contributed by atoms with Crippen LogP contribution in [0.4, 0.5) is 0 Å². The Balaban J connectivity index is 1.56. The molecule has 0 bridgehead atoms. The Morgan fingerprint density at radius 3 is 2.54 bits per heavy atom. The van der Waals surface area contributed by atoms with E-state index in [1.165, 1.54) is 12.1 Å². The number of fused-ring (bicyclic) bond motifs is 1. The number of benzene rings is 2. The topological polar surface area (TPSA) is 82.8 Å². The first kappa shape index (κ1) is 19.6. The van der Waals surface area contributed by atoms with E-state index in [4.69, 9.17) is 13.9 Å². The molecule has 0 saturated heterocycles. The summed E-state index contributed by atoms with van der Waals surface area (Å²) in [5.74, 6) is 1.53. The van der Waals surface area contributed by atoms with Crippen LogP contribution in [0, 0.1) is 0 Å². The predicted octanol–water partition coefficient (Wildman–Crippen LogP) is 2.95. The monoisotopic (exact) mass is 396 g/mol. The van der Waals surface area contributed by atoms with Crippen molar-refractivity contribution in [2.45, 2.75) is 18.9 Å². The summed E-state index contributed by atoms with van der Waals surface area (Å²) in [6, 6.07) is 15.6. The maximum Gasteiger partial charge on any atom is 0.343 e. The number of carbonyl (C=O) groups is 2. The number of esters is 1. The van der Waals surface area contributed by atoms with Gasteiger partial charge in [-0.05, 0) is 48.9 Å². The van der Waals surface area contributed by atoms with Crippen molar-refractivity contribution < 1.29 is 23.5 Å². The van der Waals surface area contributed by atoms with Crippen molar-refractivity contribution in [1.82, 2.24) is 0 Å². The van der Waals surface area contributed by atoms with Gasteiger partial charge in [-0.25, -0.2) is 9.59 Å². The average Bonchev–Trinajstić information content (AvgIpc) is 2.70. The second-order valence-corrected chi connectivity index (χ2v) is 7.85. The summed E-state index contributed by atoms with van der Waals surface area (Å²) in [6.45, 7) is 0.583. The molecule has 0 atom stereocenters. The van der Waals surface area contributed by atoms with E-state index < -0.39 is 21.1 Å². The van der Waals surface area contributed by atoms with E-state index >= 15 is 0 Å². The summed E-state index contributed by atoms with van der Waals surface area (Å²) in [5, 5.41) is 0.745. The Morgan fingerprint density at radius 2 is 1.75 bits per heavy atom. The molecule has 0 spiro atoms. The van der Waals surface area contributed by atoms with Crippen LogP contribution in [-0.2, 0) is 4.79 Å². The fourth-order valence-electron chi connectivity index (χ4n) is 2.65. The number of hydrogen-bond donors (Lipinski definition) is 0. The van der Waals surface area contributed by atoms with Crippen LogP contribution in [0.25, 0.3) is 11.0 Å². The van der Waals surface area contributed by atoms with Crippen molar-refractivity contribution in [2.75, 3.05) is 6.61 Å². The third-order valence-electron chi connectivity index (χ3n) is 4.13. The molecule has 0 aliphatic carbocycles. The van der Waals surface area contributed by atoms with Crippen LogP contribution >= 0.6 is 0 Å². The molecule has 144 valence electrons. The van der Waals surface area contributed by atoms with Crippen LogP contribution < -0.4 is 15.1 Å². The van der Waals surface area contributed by atoms with Gasteiger partial charge in [-0.2, -0.15) is 0 Å². The lowest BCUT2D eigenvalue weighted by Gasteiger charge is -2.08. The van der Waals surface area contributed by atoms with E-state index in [1.54, 1.807) is 42.5 Å². The largest absolute Gasteiger partial charge is 0.494 e. The van der Waals surface area contributed by atoms with E-state index in [0.29, 0.717) is 29.3 Å². The molecule has 0 fully saturated rings. The molecule has 0 aliphatic heterocycles. The summed E-state index contributed by atoms with van der Waals surface area (Å²) in [4.78, 5) is 33.9. The zero-order chi connectivity index (χ0) is 19.8. The number of rotatable bonds is 9. The van der Waals surface area contributed by atoms with Crippen molar-refractivity contribution in [3.8, 4) is 11.5 Å². The second kappa shape index (κ2) is 9.66. The SMILES string of the molecule is O=C[SiH2]CCCCOc1ccc(C(=O)Oc2ccc3ccc(=O)oc3c2)cc1. The lowest BCUT2D eigenvalue weighted by Crippen LogP contribution is -2.08. The van der Waals surface area contributed by atoms with E-state index in [0.717, 1.165) is 30.2 Å². The maximum absolute atomic E-state index is 12.3. The van der Waals surface area contributed by atoms with Gasteiger partial charge in [-0.3, -0.25) is 0 Å². The molecular formula is C21H20O6Si. The van der Waals surface area contributed by atoms with Crippen molar-refractivity contribution in [1.29, 1.82) is 0 Å². The van der Waals surface area contributed by atoms with Gasteiger partial charge in [0.15, 0.2) is 0 Å². The Hall–Kier alpha value is -3.19. The lowest BCUT2D eigenvalue weighted by molar-refractivity contribution is 0.0735. The third-order valence-corrected chi connectivity index (χ3v) is 5.27. The summed E-state index contributed by atoms with van der Waals surface area (Å²) in [7, 11) is -0.531. The van der Waals surface area contributed by atoms with Crippen LogP contribution in [0.15, 0.2) is 63.8 Å². The van der Waals surface area contributed by atoms with Crippen LogP contribution in [-0.4, -0.2) is 28.0 Å². The standard InChI is InChI=1S/C21H20O6Si/c22-14-28-12-2-1-11-25-17-7-4-16(5-8-17)21(24)26-18-9-3-15-6-10-20(23)27-19(15)13-18/h3-10,13-14H,1-2,11-12,28H2. The fourth-order valence-corrected chi connectivity index (χ4v) is 3.46. The first-order valence-corrected chi connectivity index (χ1v) is 10.9. The Kier molecular flexibility index (Phi) is 6.75. The molecule has 28 heavy (non-hydrogen) atoms. The smallest absolute Gasteiger partial charge is 0.343 e. The Morgan fingerprint density at radius 1 is 1.00 bits per heavy atom. The van der Waals surface area contributed by atoms with Gasteiger partial charge in [-0.1, -0.05) is 12.5 Å². The minimum absolute atomic E-state index is 0.297. The molecule has 0 aliphatic rings. The van der Waals surface area contributed by atoms with Crippen molar-refractivity contribution in [3.63, 3.8) is 0 Å². The molecule has 0 unspecified atom stereocenters. The Labute approximate surface area is 163 Å². The third kappa shape index (κ3) is 5.40. The minimum Gasteiger partial charge on any atom is -0.494 e. The fraction of sp³-hybridized carbons (Fsp3) is 0.190. The first-order chi connectivity index (χ1) is 13.7. The molecule has 1 aromatic heterocycles. The summed E-state index contributed by atoms with van der Waals surface area (Å²) in [5.41, 5.74) is 0.286. The first-order valence-electron chi connectivity index (χ1n) is 9.08. The summed E-state index contributed by atoms with van der Waals surface area (Å²) < 4.78 is 16.1. The number of unbranched alkanes of at least 4 members (excludes halogenated alkanes) is 1. The average molecular weight is 396 g/mol. The van der Waals surface area contributed by atoms with Gasteiger partial charge in [0.05, 0.1) is 27.6 Å². The van der Waals surface area contributed by atoms with Crippen LogP contribution in [0.5, 0.6) is 11.5 Å². The van der Waals surface area contributed by atoms with Gasteiger partial charge in [0, 0.05) is 17.5 Å². The number of ether oxygens (including phenoxy) is 2. The van der Waals surface area contributed by atoms with Crippen LogP contribution in [0.1, 0.15) is 23.2 Å². The zero-order valence-electron chi connectivity index (χ0n) is 15.3. The zero-order valence-corrected chi connectivity index (χ0v) is 16.7.